The van der Waals surface area contributed by atoms with Crippen molar-refractivity contribution >= 4 is 5.96 Å². The summed E-state index contributed by atoms with van der Waals surface area (Å²) in [6.45, 7) is 4.15. The summed E-state index contributed by atoms with van der Waals surface area (Å²) in [6.07, 6.45) is 2.50. The molecule has 0 fully saturated rings. The second-order valence-electron chi connectivity index (χ2n) is 5.14. The van der Waals surface area contributed by atoms with Gasteiger partial charge < -0.3 is 24.5 Å². The zero-order chi connectivity index (χ0) is 17.2. The van der Waals surface area contributed by atoms with Gasteiger partial charge in [0.1, 0.15) is 5.76 Å². The molecule has 6 nitrogen and oxygen atoms in total. The summed E-state index contributed by atoms with van der Waals surface area (Å²) in [5.41, 5.74) is 1.05. The molecule has 130 valence electrons. The van der Waals surface area contributed by atoms with E-state index in [0.717, 1.165) is 36.8 Å². The average molecular weight is 331 g/mol. The molecule has 1 aromatic carbocycles. The van der Waals surface area contributed by atoms with E-state index in [4.69, 9.17) is 13.9 Å². The van der Waals surface area contributed by atoms with Gasteiger partial charge in [-0.25, -0.2) is 4.99 Å². The lowest BCUT2D eigenvalue weighted by molar-refractivity contribution is 0.354. The summed E-state index contributed by atoms with van der Waals surface area (Å²) in [4.78, 5) is 4.60. The van der Waals surface area contributed by atoms with Gasteiger partial charge in [0.05, 0.1) is 27.0 Å². The molecular formula is C18H25N3O3. The van der Waals surface area contributed by atoms with Crippen LogP contribution in [0.2, 0.25) is 0 Å². The number of aliphatic imine (C=N–C) groups is 1. The Morgan fingerprint density at radius 3 is 2.62 bits per heavy atom. The monoisotopic (exact) mass is 331 g/mol. The van der Waals surface area contributed by atoms with Crippen LogP contribution in [0, 0.1) is 0 Å². The smallest absolute Gasteiger partial charge is 0.191 e. The first-order valence-electron chi connectivity index (χ1n) is 8.02. The Balaban J connectivity index is 1.94. The molecule has 2 rings (SSSR count). The van der Waals surface area contributed by atoms with E-state index in [0.29, 0.717) is 18.0 Å². The lowest BCUT2D eigenvalue weighted by Crippen LogP contribution is -2.38. The molecule has 0 saturated heterocycles. The Morgan fingerprint density at radius 2 is 1.96 bits per heavy atom. The highest BCUT2D eigenvalue weighted by Crippen LogP contribution is 2.27. The van der Waals surface area contributed by atoms with Gasteiger partial charge in [-0.05, 0) is 36.8 Å². The standard InChI is InChI=1S/C18H25N3O3/c1-4-19-18(20-10-9-15-6-5-11-24-15)21-13-14-7-8-16(22-2)17(12-14)23-3/h5-8,11-12H,4,9-10,13H2,1-3H3,(H2,19,20,21). The number of nitrogens with zero attached hydrogens (tertiary/aromatic N) is 1. The van der Waals surface area contributed by atoms with Crippen molar-refractivity contribution in [2.45, 2.75) is 19.9 Å². The van der Waals surface area contributed by atoms with Crippen molar-refractivity contribution in [2.24, 2.45) is 4.99 Å². The summed E-state index contributed by atoms with van der Waals surface area (Å²) in [6, 6.07) is 9.67. The summed E-state index contributed by atoms with van der Waals surface area (Å²) < 4.78 is 15.9. The van der Waals surface area contributed by atoms with Gasteiger partial charge in [0.25, 0.3) is 0 Å². The SMILES string of the molecule is CCNC(=NCc1ccc(OC)c(OC)c1)NCCc1ccco1. The minimum atomic E-state index is 0.552. The number of hydrogen-bond acceptors (Lipinski definition) is 4. The molecule has 2 aromatic rings. The van der Waals surface area contributed by atoms with Crippen molar-refractivity contribution < 1.29 is 13.9 Å². The largest absolute Gasteiger partial charge is 0.493 e. The van der Waals surface area contributed by atoms with Crippen LogP contribution >= 0.6 is 0 Å². The van der Waals surface area contributed by atoms with E-state index >= 15 is 0 Å². The summed E-state index contributed by atoms with van der Waals surface area (Å²) >= 11 is 0. The lowest BCUT2D eigenvalue weighted by Gasteiger charge is -2.11. The Morgan fingerprint density at radius 1 is 1.12 bits per heavy atom. The molecule has 0 aliphatic heterocycles. The maximum atomic E-state index is 5.33. The van der Waals surface area contributed by atoms with E-state index in [9.17, 15) is 0 Å². The predicted molar refractivity (Wildman–Crippen MR) is 94.8 cm³/mol. The van der Waals surface area contributed by atoms with Crippen LogP contribution in [0.1, 0.15) is 18.2 Å². The van der Waals surface area contributed by atoms with Crippen LogP contribution in [-0.4, -0.2) is 33.3 Å². The van der Waals surface area contributed by atoms with E-state index in [1.54, 1.807) is 20.5 Å². The predicted octanol–water partition coefficient (Wildman–Crippen LogP) is 2.59. The van der Waals surface area contributed by atoms with Gasteiger partial charge in [0, 0.05) is 19.5 Å². The first-order chi connectivity index (χ1) is 11.8. The van der Waals surface area contributed by atoms with Crippen molar-refractivity contribution in [1.29, 1.82) is 0 Å². The summed E-state index contributed by atoms with van der Waals surface area (Å²) in [7, 11) is 3.26. The molecule has 0 saturated carbocycles. The molecule has 0 unspecified atom stereocenters. The minimum absolute atomic E-state index is 0.552. The fourth-order valence-corrected chi connectivity index (χ4v) is 2.25. The number of rotatable bonds is 8. The lowest BCUT2D eigenvalue weighted by atomic mass is 10.2. The number of ether oxygens (including phenoxy) is 2. The Hall–Kier alpha value is -2.63. The fourth-order valence-electron chi connectivity index (χ4n) is 2.25. The van der Waals surface area contributed by atoms with E-state index < -0.39 is 0 Å². The zero-order valence-electron chi connectivity index (χ0n) is 14.5. The van der Waals surface area contributed by atoms with Crippen molar-refractivity contribution in [1.82, 2.24) is 10.6 Å². The molecule has 0 aliphatic rings. The minimum Gasteiger partial charge on any atom is -0.493 e. The van der Waals surface area contributed by atoms with Gasteiger partial charge in [0.15, 0.2) is 17.5 Å². The molecule has 24 heavy (non-hydrogen) atoms. The van der Waals surface area contributed by atoms with Crippen LogP contribution < -0.4 is 20.1 Å². The quantitative estimate of drug-likeness (QED) is 0.575. The Labute approximate surface area is 142 Å². The number of hydrogen-bond donors (Lipinski definition) is 2. The second-order valence-corrected chi connectivity index (χ2v) is 5.14. The highest BCUT2D eigenvalue weighted by molar-refractivity contribution is 5.79. The number of nitrogens with one attached hydrogen (secondary N) is 2. The van der Waals surface area contributed by atoms with E-state index in [2.05, 4.69) is 15.6 Å². The van der Waals surface area contributed by atoms with Crippen LogP contribution in [0.3, 0.4) is 0 Å². The molecule has 2 N–H and O–H groups in total. The van der Waals surface area contributed by atoms with Gasteiger partial charge in [-0.15, -0.1) is 0 Å². The molecule has 0 aliphatic carbocycles. The topological polar surface area (TPSA) is 68.0 Å². The highest BCUT2D eigenvalue weighted by atomic mass is 16.5. The Kier molecular flexibility index (Phi) is 7.01. The van der Waals surface area contributed by atoms with Gasteiger partial charge in [-0.1, -0.05) is 6.07 Å². The van der Waals surface area contributed by atoms with Crippen molar-refractivity contribution in [2.75, 3.05) is 27.3 Å². The average Bonchev–Trinajstić information content (AvgIpc) is 3.12. The maximum absolute atomic E-state index is 5.33. The van der Waals surface area contributed by atoms with Gasteiger partial charge in [-0.2, -0.15) is 0 Å². The number of furan rings is 1. The van der Waals surface area contributed by atoms with Crippen LogP contribution in [0.4, 0.5) is 0 Å². The number of benzene rings is 1. The Bertz CT molecular complexity index is 639. The maximum Gasteiger partial charge on any atom is 0.191 e. The number of methoxy groups -OCH3 is 2. The van der Waals surface area contributed by atoms with E-state index in [1.165, 1.54) is 0 Å². The first-order valence-corrected chi connectivity index (χ1v) is 8.02. The second kappa shape index (κ2) is 9.50. The number of guanidine groups is 1. The zero-order valence-corrected chi connectivity index (χ0v) is 14.5. The van der Waals surface area contributed by atoms with E-state index in [-0.39, 0.29) is 0 Å². The molecule has 6 heteroatoms. The van der Waals surface area contributed by atoms with Crippen LogP contribution in [-0.2, 0) is 13.0 Å². The molecule has 0 bridgehead atoms. The van der Waals surface area contributed by atoms with Crippen molar-refractivity contribution in [3.8, 4) is 11.5 Å². The molecule has 0 spiro atoms. The van der Waals surface area contributed by atoms with Crippen LogP contribution in [0.15, 0.2) is 46.0 Å². The molecule has 0 amide bonds. The third-order valence-electron chi connectivity index (χ3n) is 3.46. The highest BCUT2D eigenvalue weighted by Gasteiger charge is 2.05. The summed E-state index contributed by atoms with van der Waals surface area (Å²) in [5.74, 6) is 3.16. The summed E-state index contributed by atoms with van der Waals surface area (Å²) in [5, 5.41) is 6.54. The van der Waals surface area contributed by atoms with Gasteiger partial charge in [0.2, 0.25) is 0 Å². The fraction of sp³-hybridized carbons (Fsp3) is 0.389. The third kappa shape index (κ3) is 5.22. The molecule has 1 aromatic heterocycles. The molecule has 0 atom stereocenters. The van der Waals surface area contributed by atoms with Gasteiger partial charge in [-0.3, -0.25) is 0 Å². The van der Waals surface area contributed by atoms with Gasteiger partial charge >= 0.3 is 0 Å². The first kappa shape index (κ1) is 17.7. The molecular weight excluding hydrogens is 306 g/mol. The van der Waals surface area contributed by atoms with E-state index in [1.807, 2.05) is 37.3 Å². The third-order valence-corrected chi connectivity index (χ3v) is 3.46. The van der Waals surface area contributed by atoms with Crippen LogP contribution in [0.25, 0.3) is 0 Å². The molecule has 0 radical (unpaired) electrons. The molecule has 1 heterocycles. The van der Waals surface area contributed by atoms with Crippen LogP contribution in [0.5, 0.6) is 11.5 Å². The normalized spacial score (nSPS) is 11.2. The van der Waals surface area contributed by atoms with Crippen molar-refractivity contribution in [3.05, 3.63) is 47.9 Å². The van der Waals surface area contributed by atoms with Crippen molar-refractivity contribution in [3.63, 3.8) is 0 Å².